The van der Waals surface area contributed by atoms with Gasteiger partial charge in [-0.2, -0.15) is 0 Å². The van der Waals surface area contributed by atoms with Crippen molar-refractivity contribution in [2.75, 3.05) is 17.7 Å². The second-order valence-electron chi connectivity index (χ2n) is 3.92. The normalized spacial score (nSPS) is 9.82. The second-order valence-corrected chi connectivity index (χ2v) is 3.92. The average molecular weight is 235 g/mol. The van der Waals surface area contributed by atoms with Gasteiger partial charge in [-0.25, -0.2) is 0 Å². The molecule has 1 aromatic rings. The molecule has 0 spiro atoms. The summed E-state index contributed by atoms with van der Waals surface area (Å²) < 4.78 is 0. The van der Waals surface area contributed by atoms with E-state index in [1.54, 1.807) is 19.2 Å². The molecule has 0 aliphatic rings. The van der Waals surface area contributed by atoms with Gasteiger partial charge >= 0.3 is 0 Å². The Morgan fingerprint density at radius 2 is 1.94 bits per heavy atom. The van der Waals surface area contributed by atoms with Gasteiger partial charge in [0.05, 0.1) is 0 Å². The van der Waals surface area contributed by atoms with Gasteiger partial charge in [0.15, 0.2) is 0 Å². The van der Waals surface area contributed by atoms with Gasteiger partial charge in [-0.15, -0.1) is 0 Å². The number of carbonyl (C=O) groups excluding carboxylic acids is 2. The van der Waals surface area contributed by atoms with Crippen molar-refractivity contribution in [2.24, 2.45) is 0 Å². The molecule has 5 nitrogen and oxygen atoms in total. The SMILES string of the molecule is CC(=O)NCc1cc(N)cc(N(C)C(C)=O)c1. The maximum atomic E-state index is 11.2. The molecule has 0 atom stereocenters. The number of rotatable bonds is 3. The lowest BCUT2D eigenvalue weighted by Crippen LogP contribution is -2.24. The van der Waals surface area contributed by atoms with Crippen LogP contribution >= 0.6 is 0 Å². The zero-order valence-electron chi connectivity index (χ0n) is 10.3. The molecule has 0 radical (unpaired) electrons. The number of hydrogen-bond acceptors (Lipinski definition) is 3. The summed E-state index contributed by atoms with van der Waals surface area (Å²) in [6.45, 7) is 3.34. The fourth-order valence-corrected chi connectivity index (χ4v) is 1.40. The van der Waals surface area contributed by atoms with Crippen LogP contribution in [0.1, 0.15) is 19.4 Å². The fourth-order valence-electron chi connectivity index (χ4n) is 1.40. The van der Waals surface area contributed by atoms with E-state index in [1.807, 2.05) is 6.07 Å². The molecule has 0 unspecified atom stereocenters. The zero-order chi connectivity index (χ0) is 13.0. The molecule has 92 valence electrons. The van der Waals surface area contributed by atoms with E-state index in [2.05, 4.69) is 5.32 Å². The van der Waals surface area contributed by atoms with E-state index in [9.17, 15) is 9.59 Å². The predicted molar refractivity (Wildman–Crippen MR) is 67.5 cm³/mol. The highest BCUT2D eigenvalue weighted by atomic mass is 16.2. The van der Waals surface area contributed by atoms with Crippen LogP contribution in [0.4, 0.5) is 11.4 Å². The summed E-state index contributed by atoms with van der Waals surface area (Å²) >= 11 is 0. The summed E-state index contributed by atoms with van der Waals surface area (Å²) in [5.74, 6) is -0.171. The van der Waals surface area contributed by atoms with Crippen LogP contribution in [0.15, 0.2) is 18.2 Å². The fraction of sp³-hybridized carbons (Fsp3) is 0.333. The van der Waals surface area contributed by atoms with Crippen molar-refractivity contribution < 1.29 is 9.59 Å². The third kappa shape index (κ3) is 3.79. The van der Waals surface area contributed by atoms with Crippen LogP contribution in [0.25, 0.3) is 0 Å². The molecule has 1 rings (SSSR count). The third-order valence-electron chi connectivity index (χ3n) is 2.40. The molecule has 0 aliphatic carbocycles. The molecule has 17 heavy (non-hydrogen) atoms. The van der Waals surface area contributed by atoms with E-state index >= 15 is 0 Å². The molecule has 5 heteroatoms. The van der Waals surface area contributed by atoms with Crippen LogP contribution < -0.4 is 16.0 Å². The quantitative estimate of drug-likeness (QED) is 0.764. The van der Waals surface area contributed by atoms with Gasteiger partial charge in [0.1, 0.15) is 0 Å². The summed E-state index contributed by atoms with van der Waals surface area (Å²) in [5.41, 5.74) is 7.90. The van der Waals surface area contributed by atoms with Gasteiger partial charge in [0, 0.05) is 38.8 Å². The third-order valence-corrected chi connectivity index (χ3v) is 2.40. The number of anilines is 2. The van der Waals surface area contributed by atoms with E-state index in [0.29, 0.717) is 12.2 Å². The lowest BCUT2D eigenvalue weighted by Gasteiger charge is -2.17. The highest BCUT2D eigenvalue weighted by Gasteiger charge is 2.07. The highest BCUT2D eigenvalue weighted by molar-refractivity contribution is 5.91. The number of benzene rings is 1. The number of hydrogen-bond donors (Lipinski definition) is 2. The first-order valence-electron chi connectivity index (χ1n) is 5.28. The minimum Gasteiger partial charge on any atom is -0.399 e. The van der Waals surface area contributed by atoms with E-state index in [1.165, 1.54) is 18.7 Å². The molecule has 0 heterocycles. The van der Waals surface area contributed by atoms with Gasteiger partial charge in [-0.3, -0.25) is 9.59 Å². The van der Waals surface area contributed by atoms with Crippen LogP contribution in [0.2, 0.25) is 0 Å². The summed E-state index contributed by atoms with van der Waals surface area (Å²) in [5, 5.41) is 2.69. The van der Waals surface area contributed by atoms with E-state index in [0.717, 1.165) is 11.3 Å². The largest absolute Gasteiger partial charge is 0.399 e. The van der Waals surface area contributed by atoms with Crippen molar-refractivity contribution >= 4 is 23.2 Å². The Morgan fingerprint density at radius 3 is 2.47 bits per heavy atom. The van der Waals surface area contributed by atoms with Crippen molar-refractivity contribution in [3.63, 3.8) is 0 Å². The van der Waals surface area contributed by atoms with Crippen molar-refractivity contribution in [1.29, 1.82) is 0 Å². The van der Waals surface area contributed by atoms with Gasteiger partial charge in [0.2, 0.25) is 11.8 Å². The molecule has 0 fully saturated rings. The topological polar surface area (TPSA) is 75.4 Å². The number of nitrogen functional groups attached to an aromatic ring is 1. The maximum absolute atomic E-state index is 11.2. The summed E-state index contributed by atoms with van der Waals surface area (Å²) in [6, 6.07) is 5.32. The van der Waals surface area contributed by atoms with Crippen molar-refractivity contribution in [1.82, 2.24) is 5.32 Å². The maximum Gasteiger partial charge on any atom is 0.223 e. The Hall–Kier alpha value is -2.04. The summed E-state index contributed by atoms with van der Waals surface area (Å²) in [6.07, 6.45) is 0. The lowest BCUT2D eigenvalue weighted by atomic mass is 10.1. The van der Waals surface area contributed by atoms with Crippen molar-refractivity contribution in [2.45, 2.75) is 20.4 Å². The number of nitrogens with zero attached hydrogens (tertiary/aromatic N) is 1. The monoisotopic (exact) mass is 235 g/mol. The zero-order valence-corrected chi connectivity index (χ0v) is 10.3. The Kier molecular flexibility index (Phi) is 4.09. The van der Waals surface area contributed by atoms with Gasteiger partial charge in [-0.1, -0.05) is 0 Å². The minimum atomic E-state index is -0.103. The first-order chi connectivity index (χ1) is 7.90. The standard InChI is InChI=1S/C12H17N3O2/c1-8(16)14-7-10-4-11(13)6-12(5-10)15(3)9(2)17/h4-6H,7,13H2,1-3H3,(H,14,16). The Labute approximate surface area is 101 Å². The highest BCUT2D eigenvalue weighted by Crippen LogP contribution is 2.19. The smallest absolute Gasteiger partial charge is 0.223 e. The van der Waals surface area contributed by atoms with Crippen LogP contribution in [0, 0.1) is 0 Å². The number of amides is 2. The lowest BCUT2D eigenvalue weighted by molar-refractivity contribution is -0.119. The second kappa shape index (κ2) is 5.34. The molecule has 2 amide bonds. The molecule has 3 N–H and O–H groups in total. The molecule has 0 aromatic heterocycles. The molecule has 1 aromatic carbocycles. The molecular weight excluding hydrogens is 218 g/mol. The van der Waals surface area contributed by atoms with Crippen LogP contribution in [-0.4, -0.2) is 18.9 Å². The number of carbonyl (C=O) groups is 2. The first-order valence-corrected chi connectivity index (χ1v) is 5.28. The Morgan fingerprint density at radius 1 is 1.29 bits per heavy atom. The predicted octanol–water partition coefficient (Wildman–Crippen LogP) is 0.888. The van der Waals surface area contributed by atoms with Crippen molar-refractivity contribution in [3.8, 4) is 0 Å². The Balaban J connectivity index is 2.93. The van der Waals surface area contributed by atoms with E-state index < -0.39 is 0 Å². The van der Waals surface area contributed by atoms with E-state index in [-0.39, 0.29) is 11.8 Å². The molecular formula is C12H17N3O2. The summed E-state index contributed by atoms with van der Waals surface area (Å²) in [4.78, 5) is 23.6. The van der Waals surface area contributed by atoms with Gasteiger partial charge < -0.3 is 16.0 Å². The average Bonchev–Trinajstić information content (AvgIpc) is 2.24. The molecule has 0 saturated carbocycles. The first kappa shape index (κ1) is 13.0. The number of nitrogens with two attached hydrogens (primary N) is 1. The van der Waals surface area contributed by atoms with Gasteiger partial charge in [0.25, 0.3) is 0 Å². The van der Waals surface area contributed by atoms with Crippen LogP contribution in [0.3, 0.4) is 0 Å². The Bertz CT molecular complexity index is 443. The van der Waals surface area contributed by atoms with Crippen LogP contribution in [-0.2, 0) is 16.1 Å². The molecule has 0 aliphatic heterocycles. The number of nitrogens with one attached hydrogen (secondary N) is 1. The summed E-state index contributed by atoms with van der Waals surface area (Å²) in [7, 11) is 1.68. The van der Waals surface area contributed by atoms with Gasteiger partial charge in [-0.05, 0) is 23.8 Å². The molecule has 0 saturated heterocycles. The van der Waals surface area contributed by atoms with E-state index in [4.69, 9.17) is 5.73 Å². The van der Waals surface area contributed by atoms with Crippen molar-refractivity contribution in [3.05, 3.63) is 23.8 Å². The minimum absolute atomic E-state index is 0.0684. The molecule has 0 bridgehead atoms. The van der Waals surface area contributed by atoms with Crippen LogP contribution in [0.5, 0.6) is 0 Å².